The lowest BCUT2D eigenvalue weighted by Crippen LogP contribution is -2.05. The molecular formula is C17H17FO. The highest BCUT2D eigenvalue weighted by atomic mass is 19.1. The summed E-state index contributed by atoms with van der Waals surface area (Å²) in [5, 5.41) is 0. The second kappa shape index (κ2) is 6.28. The summed E-state index contributed by atoms with van der Waals surface area (Å²) in [5.74, 6) is -0.224. The Bertz CT molecular complexity index is 575. The van der Waals surface area contributed by atoms with E-state index >= 15 is 0 Å². The Kier molecular flexibility index (Phi) is 4.45. The maximum Gasteiger partial charge on any atom is 0.137 e. The van der Waals surface area contributed by atoms with Gasteiger partial charge in [-0.1, -0.05) is 48.0 Å². The fourth-order valence-electron chi connectivity index (χ4n) is 2.09. The molecule has 2 heteroatoms. The van der Waals surface area contributed by atoms with Gasteiger partial charge in [-0.15, -0.1) is 0 Å². The van der Waals surface area contributed by atoms with Crippen molar-refractivity contribution in [3.63, 3.8) is 0 Å². The van der Waals surface area contributed by atoms with Crippen molar-refractivity contribution in [2.24, 2.45) is 0 Å². The van der Waals surface area contributed by atoms with E-state index < -0.39 is 0 Å². The van der Waals surface area contributed by atoms with Crippen LogP contribution in [0.1, 0.15) is 23.1 Å². The minimum Gasteiger partial charge on any atom is -0.299 e. The Labute approximate surface area is 113 Å². The fraction of sp³-hybridized carbons (Fsp3) is 0.235. The van der Waals surface area contributed by atoms with E-state index in [1.54, 1.807) is 18.2 Å². The van der Waals surface area contributed by atoms with E-state index in [2.05, 4.69) is 6.07 Å². The number of benzene rings is 2. The molecule has 0 heterocycles. The number of halogens is 1. The molecule has 0 saturated heterocycles. The molecule has 0 amide bonds. The molecule has 0 N–H and O–H groups in total. The summed E-state index contributed by atoms with van der Waals surface area (Å²) in [6, 6.07) is 14.6. The molecule has 0 atom stereocenters. The summed E-state index contributed by atoms with van der Waals surface area (Å²) in [7, 11) is 0. The van der Waals surface area contributed by atoms with Crippen molar-refractivity contribution >= 4 is 5.78 Å². The van der Waals surface area contributed by atoms with Crippen molar-refractivity contribution < 1.29 is 9.18 Å². The molecule has 0 aliphatic rings. The Morgan fingerprint density at radius 1 is 1.11 bits per heavy atom. The standard InChI is InChI=1S/C17H17FO/c1-13-5-4-6-14(11-13)9-10-16(19)12-15-7-2-3-8-17(15)18/h2-8,11H,9-10,12H2,1H3. The molecule has 0 aliphatic carbocycles. The summed E-state index contributed by atoms with van der Waals surface area (Å²) in [6.45, 7) is 2.03. The molecule has 0 aliphatic heterocycles. The lowest BCUT2D eigenvalue weighted by atomic mass is 10.0. The van der Waals surface area contributed by atoms with Crippen LogP contribution in [0.4, 0.5) is 4.39 Å². The molecule has 2 aromatic rings. The average molecular weight is 256 g/mol. The predicted octanol–water partition coefficient (Wildman–Crippen LogP) is 3.88. The van der Waals surface area contributed by atoms with E-state index in [0.717, 1.165) is 12.0 Å². The highest BCUT2D eigenvalue weighted by Gasteiger charge is 2.08. The van der Waals surface area contributed by atoms with Crippen LogP contribution in [0.25, 0.3) is 0 Å². The Morgan fingerprint density at radius 2 is 1.89 bits per heavy atom. The summed E-state index contributed by atoms with van der Waals surface area (Å²) in [5.41, 5.74) is 2.83. The lowest BCUT2D eigenvalue weighted by molar-refractivity contribution is -0.118. The van der Waals surface area contributed by atoms with Crippen molar-refractivity contribution in [3.8, 4) is 0 Å². The smallest absolute Gasteiger partial charge is 0.137 e. The molecule has 0 radical (unpaired) electrons. The minimum absolute atomic E-state index is 0.0756. The quantitative estimate of drug-likeness (QED) is 0.793. The lowest BCUT2D eigenvalue weighted by Gasteiger charge is -2.04. The van der Waals surface area contributed by atoms with Crippen LogP contribution in [0.2, 0.25) is 0 Å². The van der Waals surface area contributed by atoms with Gasteiger partial charge in [-0.25, -0.2) is 4.39 Å². The SMILES string of the molecule is Cc1cccc(CCC(=O)Cc2ccccc2F)c1. The van der Waals surface area contributed by atoms with E-state index in [9.17, 15) is 9.18 Å². The zero-order valence-corrected chi connectivity index (χ0v) is 11.0. The molecule has 2 rings (SSSR count). The van der Waals surface area contributed by atoms with Crippen LogP contribution in [0.5, 0.6) is 0 Å². The van der Waals surface area contributed by atoms with Gasteiger partial charge in [0.05, 0.1) is 0 Å². The molecule has 98 valence electrons. The van der Waals surface area contributed by atoms with Crippen LogP contribution < -0.4 is 0 Å². The number of ketones is 1. The van der Waals surface area contributed by atoms with Gasteiger partial charge in [-0.3, -0.25) is 4.79 Å². The van der Waals surface area contributed by atoms with Crippen molar-refractivity contribution in [1.82, 2.24) is 0 Å². The third-order valence-electron chi connectivity index (χ3n) is 3.12. The minimum atomic E-state index is -0.300. The molecule has 0 aromatic heterocycles. The average Bonchev–Trinajstić information content (AvgIpc) is 2.39. The highest BCUT2D eigenvalue weighted by Crippen LogP contribution is 2.11. The fourth-order valence-corrected chi connectivity index (χ4v) is 2.09. The van der Waals surface area contributed by atoms with Crippen molar-refractivity contribution in [3.05, 3.63) is 71.0 Å². The summed E-state index contributed by atoms with van der Waals surface area (Å²) >= 11 is 0. The maximum atomic E-state index is 13.4. The van der Waals surface area contributed by atoms with Crippen LogP contribution in [0.3, 0.4) is 0 Å². The van der Waals surface area contributed by atoms with Crippen LogP contribution in [0, 0.1) is 12.7 Å². The number of carbonyl (C=O) groups is 1. The Morgan fingerprint density at radius 3 is 2.63 bits per heavy atom. The zero-order valence-electron chi connectivity index (χ0n) is 11.0. The number of carbonyl (C=O) groups excluding carboxylic acids is 1. The monoisotopic (exact) mass is 256 g/mol. The zero-order chi connectivity index (χ0) is 13.7. The summed E-state index contributed by atoms with van der Waals surface area (Å²) in [4.78, 5) is 11.9. The van der Waals surface area contributed by atoms with Crippen molar-refractivity contribution in [2.75, 3.05) is 0 Å². The molecular weight excluding hydrogens is 239 g/mol. The third-order valence-corrected chi connectivity index (χ3v) is 3.12. The molecule has 2 aromatic carbocycles. The van der Waals surface area contributed by atoms with Gasteiger partial charge in [-0.05, 0) is 30.5 Å². The van der Waals surface area contributed by atoms with Crippen LogP contribution in [-0.4, -0.2) is 5.78 Å². The first-order valence-corrected chi connectivity index (χ1v) is 6.46. The van der Waals surface area contributed by atoms with Gasteiger partial charge < -0.3 is 0 Å². The molecule has 0 unspecified atom stereocenters. The van der Waals surface area contributed by atoms with Gasteiger partial charge in [0.2, 0.25) is 0 Å². The number of hydrogen-bond acceptors (Lipinski definition) is 1. The summed E-state index contributed by atoms with van der Waals surface area (Å²) in [6.07, 6.45) is 1.35. The number of hydrogen-bond donors (Lipinski definition) is 0. The van der Waals surface area contributed by atoms with Crippen LogP contribution >= 0.6 is 0 Å². The van der Waals surface area contributed by atoms with Gasteiger partial charge in [0, 0.05) is 12.8 Å². The highest BCUT2D eigenvalue weighted by molar-refractivity contribution is 5.81. The van der Waals surface area contributed by atoms with Gasteiger partial charge >= 0.3 is 0 Å². The predicted molar refractivity (Wildman–Crippen MR) is 74.6 cm³/mol. The second-order valence-corrected chi connectivity index (χ2v) is 4.80. The first-order valence-electron chi connectivity index (χ1n) is 6.46. The van der Waals surface area contributed by atoms with E-state index in [4.69, 9.17) is 0 Å². The number of Topliss-reactive ketones (excluding diaryl/α,β-unsaturated/α-hetero) is 1. The van der Waals surface area contributed by atoms with Gasteiger partial charge in [0.1, 0.15) is 11.6 Å². The first-order chi connectivity index (χ1) is 9.15. The number of aryl methyl sites for hydroxylation is 2. The molecule has 19 heavy (non-hydrogen) atoms. The van der Waals surface area contributed by atoms with E-state index in [-0.39, 0.29) is 18.0 Å². The number of rotatable bonds is 5. The Hall–Kier alpha value is -1.96. The van der Waals surface area contributed by atoms with E-state index in [1.807, 2.05) is 25.1 Å². The van der Waals surface area contributed by atoms with Crippen LogP contribution in [0.15, 0.2) is 48.5 Å². The largest absolute Gasteiger partial charge is 0.299 e. The molecule has 1 nitrogen and oxygen atoms in total. The van der Waals surface area contributed by atoms with E-state index in [0.29, 0.717) is 12.0 Å². The van der Waals surface area contributed by atoms with Crippen molar-refractivity contribution in [2.45, 2.75) is 26.2 Å². The van der Waals surface area contributed by atoms with Gasteiger partial charge in [0.25, 0.3) is 0 Å². The van der Waals surface area contributed by atoms with Crippen LogP contribution in [-0.2, 0) is 17.6 Å². The summed E-state index contributed by atoms with van der Waals surface area (Å²) < 4.78 is 13.4. The molecule has 0 saturated carbocycles. The van der Waals surface area contributed by atoms with Gasteiger partial charge in [-0.2, -0.15) is 0 Å². The third kappa shape index (κ3) is 4.02. The molecule has 0 bridgehead atoms. The molecule has 0 spiro atoms. The Balaban J connectivity index is 1.90. The van der Waals surface area contributed by atoms with Gasteiger partial charge in [0.15, 0.2) is 0 Å². The molecule has 0 fully saturated rings. The first kappa shape index (κ1) is 13.5. The normalized spacial score (nSPS) is 10.4. The maximum absolute atomic E-state index is 13.4. The van der Waals surface area contributed by atoms with Crippen molar-refractivity contribution in [1.29, 1.82) is 0 Å². The topological polar surface area (TPSA) is 17.1 Å². The second-order valence-electron chi connectivity index (χ2n) is 4.80. The van der Waals surface area contributed by atoms with E-state index in [1.165, 1.54) is 11.6 Å².